The molecule has 0 radical (unpaired) electrons. The van der Waals surface area contributed by atoms with Gasteiger partial charge in [-0.2, -0.15) is 0 Å². The Balaban J connectivity index is 1.95. The van der Waals surface area contributed by atoms with E-state index in [1.165, 1.54) is 29.7 Å². The molecule has 2 aliphatic rings. The molecule has 2 nitrogen and oxygen atoms in total. The molecule has 0 amide bonds. The minimum atomic E-state index is 0.639. The van der Waals surface area contributed by atoms with Gasteiger partial charge in [-0.1, -0.05) is 5.92 Å². The number of pyridine rings is 1. The van der Waals surface area contributed by atoms with Crippen LogP contribution in [0.1, 0.15) is 35.4 Å². The summed E-state index contributed by atoms with van der Waals surface area (Å²) < 4.78 is 5.42. The maximum absolute atomic E-state index is 5.42. The van der Waals surface area contributed by atoms with Crippen LogP contribution in [-0.2, 0) is 17.8 Å². The second-order valence-electron chi connectivity index (χ2n) is 4.61. The second kappa shape index (κ2) is 3.92. The van der Waals surface area contributed by atoms with Crippen LogP contribution >= 0.6 is 0 Å². The van der Waals surface area contributed by atoms with Gasteiger partial charge in [0.1, 0.15) is 5.69 Å². The molecule has 1 fully saturated rings. The summed E-state index contributed by atoms with van der Waals surface area (Å²) in [5, 5.41) is 0. The molecule has 16 heavy (non-hydrogen) atoms. The molecular formula is C14H15NO. The Morgan fingerprint density at radius 1 is 1.44 bits per heavy atom. The van der Waals surface area contributed by atoms with E-state index in [1.807, 2.05) is 0 Å². The molecule has 2 heteroatoms. The molecule has 1 aliphatic carbocycles. The normalized spacial score (nSPS) is 18.6. The summed E-state index contributed by atoms with van der Waals surface area (Å²) in [7, 11) is 0. The smallest absolute Gasteiger partial charge is 0.116 e. The summed E-state index contributed by atoms with van der Waals surface area (Å²) in [5.41, 5.74) is 4.56. The van der Waals surface area contributed by atoms with E-state index >= 15 is 0 Å². The van der Waals surface area contributed by atoms with Gasteiger partial charge >= 0.3 is 0 Å². The highest BCUT2D eigenvalue weighted by atomic mass is 16.5. The molecule has 1 aromatic rings. The van der Waals surface area contributed by atoms with Crippen molar-refractivity contribution < 1.29 is 4.74 Å². The lowest BCUT2D eigenvalue weighted by Gasteiger charge is -2.16. The van der Waals surface area contributed by atoms with Gasteiger partial charge in [-0.05, 0) is 42.9 Å². The van der Waals surface area contributed by atoms with Crippen molar-refractivity contribution in [3.63, 3.8) is 0 Å². The first-order valence-corrected chi connectivity index (χ1v) is 5.91. The van der Waals surface area contributed by atoms with E-state index < -0.39 is 0 Å². The zero-order valence-electron chi connectivity index (χ0n) is 9.55. The van der Waals surface area contributed by atoms with Crippen molar-refractivity contribution in [1.29, 1.82) is 0 Å². The molecule has 0 spiro atoms. The lowest BCUT2D eigenvalue weighted by atomic mass is 10.1. The maximum atomic E-state index is 5.42. The average Bonchev–Trinajstić information content (AvgIpc) is 3.10. The molecule has 1 aromatic heterocycles. The van der Waals surface area contributed by atoms with Gasteiger partial charge < -0.3 is 4.74 Å². The van der Waals surface area contributed by atoms with Crippen molar-refractivity contribution in [2.45, 2.75) is 32.8 Å². The van der Waals surface area contributed by atoms with Gasteiger partial charge in [0.25, 0.3) is 0 Å². The Hall–Kier alpha value is -1.33. The fourth-order valence-electron chi connectivity index (χ4n) is 1.92. The van der Waals surface area contributed by atoms with E-state index in [0.29, 0.717) is 12.5 Å². The van der Waals surface area contributed by atoms with Crippen LogP contribution in [0.2, 0.25) is 0 Å². The Labute approximate surface area is 96.0 Å². The number of ether oxygens (including phenoxy) is 1. The molecule has 1 saturated carbocycles. The number of rotatable bonds is 0. The highest BCUT2D eigenvalue weighted by Gasteiger charge is 2.18. The molecule has 1 aliphatic heterocycles. The Bertz CT molecular complexity index is 477. The molecule has 0 bridgehead atoms. The van der Waals surface area contributed by atoms with Gasteiger partial charge in [0.2, 0.25) is 0 Å². The summed E-state index contributed by atoms with van der Waals surface area (Å²) in [5.74, 6) is 7.14. The summed E-state index contributed by atoms with van der Waals surface area (Å²) >= 11 is 0. The van der Waals surface area contributed by atoms with Crippen LogP contribution in [0.25, 0.3) is 0 Å². The predicted molar refractivity (Wildman–Crippen MR) is 61.9 cm³/mol. The van der Waals surface area contributed by atoms with Crippen molar-refractivity contribution in [3.8, 4) is 11.8 Å². The number of nitrogens with zero attached hydrogens (tertiary/aromatic N) is 1. The Kier molecular flexibility index (Phi) is 2.41. The number of hydrogen-bond acceptors (Lipinski definition) is 2. The highest BCUT2D eigenvalue weighted by molar-refractivity contribution is 5.40. The Morgan fingerprint density at radius 3 is 3.12 bits per heavy atom. The van der Waals surface area contributed by atoms with Gasteiger partial charge in [-0.25, -0.2) is 4.98 Å². The van der Waals surface area contributed by atoms with Crippen molar-refractivity contribution in [2.75, 3.05) is 6.61 Å². The zero-order chi connectivity index (χ0) is 11.0. The minimum absolute atomic E-state index is 0.639. The van der Waals surface area contributed by atoms with E-state index in [-0.39, 0.29) is 0 Å². The van der Waals surface area contributed by atoms with E-state index in [0.717, 1.165) is 18.7 Å². The third-order valence-corrected chi connectivity index (χ3v) is 3.09. The fourth-order valence-corrected chi connectivity index (χ4v) is 1.92. The summed E-state index contributed by atoms with van der Waals surface area (Å²) in [6, 6.07) is 2.18. The van der Waals surface area contributed by atoms with Gasteiger partial charge in [0, 0.05) is 18.0 Å². The predicted octanol–water partition coefficient (Wildman–Crippen LogP) is 2.22. The topological polar surface area (TPSA) is 22.1 Å². The lowest BCUT2D eigenvalue weighted by Crippen LogP contribution is -2.13. The van der Waals surface area contributed by atoms with Gasteiger partial charge in [-0.3, -0.25) is 0 Å². The fraction of sp³-hybridized carbons (Fsp3) is 0.500. The van der Waals surface area contributed by atoms with Crippen LogP contribution in [0.4, 0.5) is 0 Å². The Morgan fingerprint density at radius 2 is 2.31 bits per heavy atom. The third-order valence-electron chi connectivity index (χ3n) is 3.09. The third kappa shape index (κ3) is 1.96. The van der Waals surface area contributed by atoms with E-state index in [1.54, 1.807) is 0 Å². The maximum Gasteiger partial charge on any atom is 0.116 e. The molecule has 3 rings (SSSR count). The van der Waals surface area contributed by atoms with Crippen LogP contribution in [0, 0.1) is 24.7 Å². The molecule has 0 atom stereocenters. The molecule has 82 valence electrons. The van der Waals surface area contributed by atoms with Crippen molar-refractivity contribution in [1.82, 2.24) is 4.98 Å². The van der Waals surface area contributed by atoms with Crippen LogP contribution in [-0.4, -0.2) is 11.6 Å². The van der Waals surface area contributed by atoms with E-state index in [4.69, 9.17) is 4.74 Å². The van der Waals surface area contributed by atoms with E-state index in [9.17, 15) is 0 Å². The number of aryl methyl sites for hydroxylation is 1. The first-order chi connectivity index (χ1) is 7.83. The van der Waals surface area contributed by atoms with Crippen molar-refractivity contribution in [2.24, 2.45) is 5.92 Å². The molecule has 2 heterocycles. The lowest BCUT2D eigenvalue weighted by molar-refractivity contribution is 0.109. The van der Waals surface area contributed by atoms with Gasteiger partial charge in [-0.15, -0.1) is 0 Å². The monoisotopic (exact) mass is 213 g/mol. The molecule has 0 unspecified atom stereocenters. The second-order valence-corrected chi connectivity index (χ2v) is 4.61. The standard InChI is InChI=1S/C14H15NO/c1-10-8-12-9-16-7-6-14(12)15-13(10)5-4-11-2-3-11/h8,11H,2-3,6-7,9H2,1H3. The SMILES string of the molecule is Cc1cc2c(nc1C#CC1CC1)CCOC2. The summed E-state index contributed by atoms with van der Waals surface area (Å²) in [4.78, 5) is 4.66. The van der Waals surface area contributed by atoms with Crippen molar-refractivity contribution in [3.05, 3.63) is 28.6 Å². The van der Waals surface area contributed by atoms with Gasteiger partial charge in [0.05, 0.1) is 13.2 Å². The first-order valence-electron chi connectivity index (χ1n) is 5.91. The minimum Gasteiger partial charge on any atom is -0.376 e. The molecular weight excluding hydrogens is 198 g/mol. The summed E-state index contributed by atoms with van der Waals surface area (Å²) in [6.45, 7) is 3.58. The molecule has 0 aromatic carbocycles. The number of fused-ring (bicyclic) bond motifs is 1. The number of hydrogen-bond donors (Lipinski definition) is 0. The van der Waals surface area contributed by atoms with E-state index in [2.05, 4.69) is 29.8 Å². The molecule has 0 saturated heterocycles. The van der Waals surface area contributed by atoms with Crippen molar-refractivity contribution >= 4 is 0 Å². The quantitative estimate of drug-likeness (QED) is 0.616. The van der Waals surface area contributed by atoms with Gasteiger partial charge in [0.15, 0.2) is 0 Å². The first kappa shape index (κ1) is 9.86. The largest absolute Gasteiger partial charge is 0.376 e. The van der Waals surface area contributed by atoms with Crippen LogP contribution in [0.15, 0.2) is 6.07 Å². The van der Waals surface area contributed by atoms with Crippen LogP contribution < -0.4 is 0 Å². The van der Waals surface area contributed by atoms with Crippen LogP contribution in [0.5, 0.6) is 0 Å². The highest BCUT2D eigenvalue weighted by Crippen LogP contribution is 2.27. The average molecular weight is 213 g/mol. The zero-order valence-corrected chi connectivity index (χ0v) is 9.55. The molecule has 0 N–H and O–H groups in total. The number of aromatic nitrogens is 1. The summed E-state index contributed by atoms with van der Waals surface area (Å²) in [6.07, 6.45) is 3.46. The van der Waals surface area contributed by atoms with Crippen LogP contribution in [0.3, 0.4) is 0 Å².